The first kappa shape index (κ1) is 19.3. The van der Waals surface area contributed by atoms with Gasteiger partial charge in [-0.15, -0.1) is 0 Å². The van der Waals surface area contributed by atoms with Crippen LogP contribution in [-0.4, -0.2) is 38.2 Å². The molecule has 6 heteroatoms. The maximum Gasteiger partial charge on any atom is 0.344 e. The predicted molar refractivity (Wildman–Crippen MR) is 111 cm³/mol. The Morgan fingerprint density at radius 2 is 1.66 bits per heavy atom. The lowest BCUT2D eigenvalue weighted by Crippen LogP contribution is -2.23. The number of carbonyl (C=O) groups excluding carboxylic acids is 2. The highest BCUT2D eigenvalue weighted by Crippen LogP contribution is 2.26. The molecule has 1 heterocycles. The lowest BCUT2D eigenvalue weighted by Gasteiger charge is -2.17. The summed E-state index contributed by atoms with van der Waals surface area (Å²) in [5.41, 5.74) is 4.48. The number of aryl methyl sites for hydroxylation is 2. The van der Waals surface area contributed by atoms with Gasteiger partial charge in [0.05, 0.1) is 0 Å². The van der Waals surface area contributed by atoms with Crippen LogP contribution < -0.4 is 15.0 Å². The van der Waals surface area contributed by atoms with Crippen molar-refractivity contribution in [3.8, 4) is 5.75 Å². The largest absolute Gasteiger partial charge is 0.482 e. The molecular weight excluding hydrogens is 368 g/mol. The minimum atomic E-state index is -0.565. The third-order valence-corrected chi connectivity index (χ3v) is 5.41. The van der Waals surface area contributed by atoms with Gasteiger partial charge in [-0.3, -0.25) is 4.79 Å². The zero-order chi connectivity index (χ0) is 20.1. The number of esters is 1. The van der Waals surface area contributed by atoms with Gasteiger partial charge < -0.3 is 19.7 Å². The zero-order valence-corrected chi connectivity index (χ0v) is 16.5. The van der Waals surface area contributed by atoms with Gasteiger partial charge in [0, 0.05) is 24.5 Å². The minimum Gasteiger partial charge on any atom is -0.482 e. The first-order valence-corrected chi connectivity index (χ1v) is 10.2. The molecule has 1 aliphatic heterocycles. The summed E-state index contributed by atoms with van der Waals surface area (Å²) in [5, 5.41) is 2.74. The zero-order valence-electron chi connectivity index (χ0n) is 16.5. The third-order valence-electron chi connectivity index (χ3n) is 5.41. The molecule has 29 heavy (non-hydrogen) atoms. The topological polar surface area (TPSA) is 67.9 Å². The highest BCUT2D eigenvalue weighted by Gasteiger charge is 2.14. The van der Waals surface area contributed by atoms with Crippen LogP contribution in [0.15, 0.2) is 42.5 Å². The van der Waals surface area contributed by atoms with E-state index >= 15 is 0 Å². The Morgan fingerprint density at radius 3 is 2.45 bits per heavy atom. The number of nitrogens with zero attached hydrogens (tertiary/aromatic N) is 1. The van der Waals surface area contributed by atoms with Gasteiger partial charge in [0.2, 0.25) is 0 Å². The Balaban J connectivity index is 1.18. The van der Waals surface area contributed by atoms with Gasteiger partial charge in [0.15, 0.2) is 13.2 Å². The van der Waals surface area contributed by atoms with Crippen LogP contribution in [0.1, 0.15) is 30.4 Å². The Morgan fingerprint density at radius 1 is 0.897 bits per heavy atom. The second-order valence-electron chi connectivity index (χ2n) is 7.52. The lowest BCUT2D eigenvalue weighted by atomic mass is 10.1. The van der Waals surface area contributed by atoms with E-state index in [4.69, 9.17) is 9.47 Å². The molecule has 2 aliphatic rings. The highest BCUT2D eigenvalue weighted by molar-refractivity contribution is 5.93. The van der Waals surface area contributed by atoms with E-state index in [-0.39, 0.29) is 19.1 Å². The van der Waals surface area contributed by atoms with Crippen molar-refractivity contribution >= 4 is 23.3 Å². The Bertz CT molecular complexity index is 873. The second kappa shape index (κ2) is 8.99. The fraction of sp³-hybridized carbons (Fsp3) is 0.391. The summed E-state index contributed by atoms with van der Waals surface area (Å²) in [7, 11) is 0. The van der Waals surface area contributed by atoms with Crippen molar-refractivity contribution in [2.24, 2.45) is 0 Å². The van der Waals surface area contributed by atoms with Gasteiger partial charge in [-0.2, -0.15) is 0 Å². The second-order valence-corrected chi connectivity index (χ2v) is 7.52. The molecule has 0 atom stereocenters. The maximum atomic E-state index is 12.0. The van der Waals surface area contributed by atoms with E-state index in [2.05, 4.69) is 10.2 Å². The van der Waals surface area contributed by atoms with Crippen LogP contribution in [0.5, 0.6) is 5.75 Å². The molecule has 0 unspecified atom stereocenters. The molecule has 152 valence electrons. The molecule has 0 bridgehead atoms. The predicted octanol–water partition coefficient (Wildman–Crippen LogP) is 3.34. The SMILES string of the molecule is O=C(COC(=O)COc1ccc2c(c1)CCC2)Nc1ccc(N2CCCC2)cc1. The average Bonchev–Trinajstić information content (AvgIpc) is 3.43. The molecular formula is C23H26N2O4. The third kappa shape index (κ3) is 5.08. The summed E-state index contributed by atoms with van der Waals surface area (Å²) in [6, 6.07) is 13.6. The number of hydrogen-bond acceptors (Lipinski definition) is 5. The van der Waals surface area contributed by atoms with Gasteiger partial charge in [-0.25, -0.2) is 4.79 Å². The van der Waals surface area contributed by atoms with Crippen molar-refractivity contribution in [3.63, 3.8) is 0 Å². The van der Waals surface area contributed by atoms with Crippen LogP contribution in [-0.2, 0) is 27.2 Å². The molecule has 4 rings (SSSR count). The average molecular weight is 394 g/mol. The summed E-state index contributed by atoms with van der Waals surface area (Å²) in [4.78, 5) is 26.2. The summed E-state index contributed by atoms with van der Waals surface area (Å²) in [6.45, 7) is 1.61. The Kier molecular flexibility index (Phi) is 5.98. The van der Waals surface area contributed by atoms with Crippen molar-refractivity contribution in [2.45, 2.75) is 32.1 Å². The smallest absolute Gasteiger partial charge is 0.344 e. The van der Waals surface area contributed by atoms with Gasteiger partial charge in [0.1, 0.15) is 5.75 Å². The highest BCUT2D eigenvalue weighted by atomic mass is 16.6. The molecule has 1 aliphatic carbocycles. The van der Waals surface area contributed by atoms with Crippen LogP contribution in [0.4, 0.5) is 11.4 Å². The van der Waals surface area contributed by atoms with Gasteiger partial charge in [-0.1, -0.05) is 6.07 Å². The number of anilines is 2. The molecule has 1 saturated heterocycles. The first-order chi connectivity index (χ1) is 14.2. The van der Waals surface area contributed by atoms with Crippen LogP contribution in [0.3, 0.4) is 0 Å². The van der Waals surface area contributed by atoms with Crippen molar-refractivity contribution in [1.82, 2.24) is 0 Å². The van der Waals surface area contributed by atoms with E-state index in [0.717, 1.165) is 38.0 Å². The van der Waals surface area contributed by atoms with E-state index in [1.54, 1.807) is 0 Å². The fourth-order valence-electron chi connectivity index (χ4n) is 3.90. The summed E-state index contributed by atoms with van der Waals surface area (Å²) in [6.07, 6.45) is 5.76. The van der Waals surface area contributed by atoms with Gasteiger partial charge in [0.25, 0.3) is 5.91 Å². The maximum absolute atomic E-state index is 12.0. The molecule has 1 N–H and O–H groups in total. The van der Waals surface area contributed by atoms with E-state index in [1.165, 1.54) is 24.0 Å². The molecule has 2 aromatic rings. The van der Waals surface area contributed by atoms with Crippen LogP contribution >= 0.6 is 0 Å². The van der Waals surface area contributed by atoms with Crippen molar-refractivity contribution < 1.29 is 19.1 Å². The van der Waals surface area contributed by atoms with Crippen molar-refractivity contribution in [2.75, 3.05) is 36.5 Å². The van der Waals surface area contributed by atoms with Crippen LogP contribution in [0.25, 0.3) is 0 Å². The fourth-order valence-corrected chi connectivity index (χ4v) is 3.90. The van der Waals surface area contributed by atoms with Gasteiger partial charge >= 0.3 is 5.97 Å². The molecule has 0 spiro atoms. The molecule has 2 aromatic carbocycles. The van der Waals surface area contributed by atoms with Crippen LogP contribution in [0, 0.1) is 0 Å². The number of ether oxygens (including phenoxy) is 2. The number of hydrogen-bond donors (Lipinski definition) is 1. The summed E-state index contributed by atoms with van der Waals surface area (Å²) in [5.74, 6) is -0.278. The number of amides is 1. The van der Waals surface area contributed by atoms with E-state index in [9.17, 15) is 9.59 Å². The lowest BCUT2D eigenvalue weighted by molar-refractivity contribution is -0.149. The monoisotopic (exact) mass is 394 g/mol. The summed E-state index contributed by atoms with van der Waals surface area (Å²) >= 11 is 0. The molecule has 0 aromatic heterocycles. The standard InChI is InChI=1S/C23H26N2O4/c26-22(24-19-7-9-20(10-8-19)25-12-1-2-13-25)15-29-23(27)16-28-21-11-6-17-4-3-5-18(17)14-21/h6-11,14H,1-5,12-13,15-16H2,(H,24,26). The van der Waals surface area contributed by atoms with E-state index in [0.29, 0.717) is 11.4 Å². The molecule has 1 fully saturated rings. The quantitative estimate of drug-likeness (QED) is 0.730. The Labute approximate surface area is 170 Å². The number of fused-ring (bicyclic) bond motifs is 1. The first-order valence-electron chi connectivity index (χ1n) is 10.2. The number of carbonyl (C=O) groups is 2. The minimum absolute atomic E-state index is 0.212. The van der Waals surface area contributed by atoms with Crippen molar-refractivity contribution in [3.05, 3.63) is 53.6 Å². The molecule has 1 amide bonds. The molecule has 0 radical (unpaired) electrons. The number of benzene rings is 2. The van der Waals surface area contributed by atoms with Crippen LogP contribution in [0.2, 0.25) is 0 Å². The van der Waals surface area contributed by atoms with E-state index in [1.807, 2.05) is 42.5 Å². The number of nitrogens with one attached hydrogen (secondary N) is 1. The Hall–Kier alpha value is -3.02. The van der Waals surface area contributed by atoms with E-state index < -0.39 is 5.97 Å². The van der Waals surface area contributed by atoms with Crippen molar-refractivity contribution in [1.29, 1.82) is 0 Å². The molecule has 0 saturated carbocycles. The molecule has 6 nitrogen and oxygen atoms in total. The number of rotatable bonds is 7. The van der Waals surface area contributed by atoms with Gasteiger partial charge in [-0.05, 0) is 79.6 Å². The normalized spacial score (nSPS) is 15.1. The summed E-state index contributed by atoms with van der Waals surface area (Å²) < 4.78 is 10.5.